The van der Waals surface area contributed by atoms with E-state index >= 15 is 0 Å². The quantitative estimate of drug-likeness (QED) is 0.682. The molecule has 3 aromatic rings. The molecule has 0 aliphatic heterocycles. The predicted octanol–water partition coefficient (Wildman–Crippen LogP) is 4.27. The van der Waals surface area contributed by atoms with E-state index in [0.717, 1.165) is 12.3 Å². The summed E-state index contributed by atoms with van der Waals surface area (Å²) in [4.78, 5) is 0.0735. The van der Waals surface area contributed by atoms with Crippen LogP contribution < -0.4 is 0 Å². The lowest BCUT2D eigenvalue weighted by molar-refractivity contribution is -0.141. The van der Waals surface area contributed by atoms with Gasteiger partial charge in [-0.2, -0.15) is 18.3 Å². The van der Waals surface area contributed by atoms with E-state index in [9.17, 15) is 21.6 Å². The first-order valence-electron chi connectivity index (χ1n) is 7.61. The average molecular weight is 380 g/mol. The van der Waals surface area contributed by atoms with Crippen molar-refractivity contribution in [1.29, 1.82) is 0 Å². The van der Waals surface area contributed by atoms with Crippen molar-refractivity contribution in [2.24, 2.45) is 0 Å². The summed E-state index contributed by atoms with van der Waals surface area (Å²) < 4.78 is 64.6. The summed E-state index contributed by atoms with van der Waals surface area (Å²) >= 11 is 0. The fourth-order valence-electron chi connectivity index (χ4n) is 2.65. The van der Waals surface area contributed by atoms with E-state index in [2.05, 4.69) is 5.10 Å². The average Bonchev–Trinajstić information content (AvgIpc) is 3.00. The molecule has 0 saturated heterocycles. The van der Waals surface area contributed by atoms with Gasteiger partial charge in [0.2, 0.25) is 0 Å². The van der Waals surface area contributed by atoms with Crippen molar-refractivity contribution >= 4 is 9.84 Å². The van der Waals surface area contributed by atoms with Gasteiger partial charge in [-0.25, -0.2) is 13.1 Å². The zero-order chi connectivity index (χ0) is 19.1. The molecule has 2 aromatic carbocycles. The van der Waals surface area contributed by atoms with Crippen molar-refractivity contribution in [2.75, 3.05) is 6.26 Å². The Labute approximate surface area is 148 Å². The zero-order valence-corrected chi connectivity index (χ0v) is 14.8. The van der Waals surface area contributed by atoms with E-state index in [-0.39, 0.29) is 10.6 Å². The first-order valence-corrected chi connectivity index (χ1v) is 9.50. The second-order valence-electron chi connectivity index (χ2n) is 5.91. The number of hydrogen-bond acceptors (Lipinski definition) is 3. The van der Waals surface area contributed by atoms with Crippen LogP contribution in [0, 0.1) is 6.92 Å². The summed E-state index contributed by atoms with van der Waals surface area (Å²) in [5.41, 5.74) is 0.423. The lowest BCUT2D eigenvalue weighted by Gasteiger charge is -2.10. The number of benzene rings is 2. The zero-order valence-electron chi connectivity index (χ0n) is 13.9. The van der Waals surface area contributed by atoms with Crippen LogP contribution in [0.5, 0.6) is 0 Å². The summed E-state index contributed by atoms with van der Waals surface area (Å²) in [6.45, 7) is 1.63. The molecule has 0 atom stereocenters. The van der Waals surface area contributed by atoms with E-state index in [4.69, 9.17) is 0 Å². The normalized spacial score (nSPS) is 12.3. The maximum atomic E-state index is 13.2. The van der Waals surface area contributed by atoms with Crippen LogP contribution >= 0.6 is 0 Å². The molecule has 3 rings (SSSR count). The van der Waals surface area contributed by atoms with E-state index in [1.807, 2.05) is 0 Å². The summed E-state index contributed by atoms with van der Waals surface area (Å²) in [6, 6.07) is 13.8. The van der Waals surface area contributed by atoms with Crippen LogP contribution in [0.4, 0.5) is 13.2 Å². The molecule has 8 heteroatoms. The molecule has 0 aliphatic rings. The smallest absolute Gasteiger partial charge is 0.233 e. The molecule has 4 nitrogen and oxygen atoms in total. The lowest BCUT2D eigenvalue weighted by atomic mass is 10.1. The summed E-state index contributed by atoms with van der Waals surface area (Å²) in [7, 11) is -3.51. The highest BCUT2D eigenvalue weighted by molar-refractivity contribution is 7.90. The number of nitrogens with zero attached hydrogens (tertiary/aromatic N) is 2. The molecule has 0 saturated carbocycles. The van der Waals surface area contributed by atoms with Gasteiger partial charge >= 0.3 is 6.18 Å². The molecule has 1 heterocycles. The van der Waals surface area contributed by atoms with Gasteiger partial charge in [0.25, 0.3) is 0 Å². The number of alkyl halides is 3. The van der Waals surface area contributed by atoms with Gasteiger partial charge in [0.1, 0.15) is 0 Å². The number of para-hydroxylation sites is 1. The molecule has 0 bridgehead atoms. The highest BCUT2D eigenvalue weighted by Crippen LogP contribution is 2.34. The van der Waals surface area contributed by atoms with Crippen molar-refractivity contribution in [1.82, 2.24) is 9.78 Å². The largest absolute Gasteiger partial charge is 0.435 e. The standard InChI is InChI=1S/C18H15F3N2O2S/c1-12-8-9-13(10-16(12)26(2,24)25)15-11-17(18(19,20)21)22-23(15)14-6-4-3-5-7-14/h3-11H,1-2H3. The third-order valence-corrected chi connectivity index (χ3v) is 5.12. The molecule has 0 N–H and O–H groups in total. The third kappa shape index (κ3) is 3.50. The number of aromatic nitrogens is 2. The van der Waals surface area contributed by atoms with Crippen molar-refractivity contribution in [2.45, 2.75) is 18.0 Å². The summed E-state index contributed by atoms with van der Waals surface area (Å²) in [5, 5.41) is 3.68. The molecular weight excluding hydrogens is 365 g/mol. The Kier molecular flexibility index (Phi) is 4.39. The first kappa shape index (κ1) is 18.2. The number of sulfone groups is 1. The van der Waals surface area contributed by atoms with E-state index in [1.165, 1.54) is 10.7 Å². The number of rotatable bonds is 3. The molecule has 0 amide bonds. The van der Waals surface area contributed by atoms with Gasteiger partial charge in [-0.05, 0) is 36.8 Å². The Balaban J connectivity index is 2.27. The van der Waals surface area contributed by atoms with Crippen molar-refractivity contribution in [3.05, 3.63) is 65.9 Å². The molecule has 1 aromatic heterocycles. The Morgan fingerprint density at radius 1 is 1.00 bits per heavy atom. The molecular formula is C18H15F3N2O2S. The second-order valence-corrected chi connectivity index (χ2v) is 7.90. The van der Waals surface area contributed by atoms with E-state index < -0.39 is 21.7 Å². The van der Waals surface area contributed by atoms with Gasteiger partial charge < -0.3 is 0 Å². The van der Waals surface area contributed by atoms with Gasteiger partial charge in [-0.3, -0.25) is 0 Å². The SMILES string of the molecule is Cc1ccc(-c2cc(C(F)(F)F)nn2-c2ccccc2)cc1S(C)(=O)=O. The van der Waals surface area contributed by atoms with Crippen molar-refractivity contribution in [3.63, 3.8) is 0 Å². The highest BCUT2D eigenvalue weighted by atomic mass is 32.2. The van der Waals surface area contributed by atoms with E-state index in [1.54, 1.807) is 49.4 Å². The first-order chi connectivity index (χ1) is 12.1. The maximum absolute atomic E-state index is 13.2. The predicted molar refractivity (Wildman–Crippen MR) is 91.8 cm³/mol. The Morgan fingerprint density at radius 3 is 2.23 bits per heavy atom. The van der Waals surface area contributed by atoms with Crippen molar-refractivity contribution < 1.29 is 21.6 Å². The van der Waals surface area contributed by atoms with Crippen molar-refractivity contribution in [3.8, 4) is 16.9 Å². The van der Waals surface area contributed by atoms with E-state index in [0.29, 0.717) is 16.8 Å². The van der Waals surface area contributed by atoms with Crippen LogP contribution in [-0.2, 0) is 16.0 Å². The van der Waals surface area contributed by atoms with Gasteiger partial charge in [-0.15, -0.1) is 0 Å². The Morgan fingerprint density at radius 2 is 1.65 bits per heavy atom. The topological polar surface area (TPSA) is 52.0 Å². The monoisotopic (exact) mass is 380 g/mol. The molecule has 0 spiro atoms. The fourth-order valence-corrected chi connectivity index (χ4v) is 3.64. The fraction of sp³-hybridized carbons (Fsp3) is 0.167. The Bertz CT molecular complexity index is 1060. The van der Waals surface area contributed by atoms with Gasteiger partial charge in [0.05, 0.1) is 16.3 Å². The summed E-state index contributed by atoms with van der Waals surface area (Å²) in [6.07, 6.45) is -3.55. The van der Waals surface area contributed by atoms with Crippen LogP contribution in [0.2, 0.25) is 0 Å². The van der Waals surface area contributed by atoms with Crippen LogP contribution in [-0.4, -0.2) is 24.5 Å². The number of halogens is 3. The molecule has 26 heavy (non-hydrogen) atoms. The van der Waals surface area contributed by atoms with Crippen LogP contribution in [0.25, 0.3) is 16.9 Å². The molecule has 0 aliphatic carbocycles. The maximum Gasteiger partial charge on any atom is 0.435 e. The molecule has 0 unspecified atom stereocenters. The third-order valence-electron chi connectivity index (χ3n) is 3.88. The van der Waals surface area contributed by atoms with Crippen LogP contribution in [0.1, 0.15) is 11.3 Å². The minimum atomic E-state index is -4.61. The minimum Gasteiger partial charge on any atom is -0.233 e. The second kappa shape index (κ2) is 6.28. The Hall–Kier alpha value is -2.61. The molecule has 0 radical (unpaired) electrons. The van der Waals surface area contributed by atoms with Crippen LogP contribution in [0.3, 0.4) is 0 Å². The van der Waals surface area contributed by atoms with Gasteiger partial charge in [0.15, 0.2) is 15.5 Å². The number of aryl methyl sites for hydroxylation is 1. The molecule has 136 valence electrons. The molecule has 0 fully saturated rings. The van der Waals surface area contributed by atoms with Gasteiger partial charge in [-0.1, -0.05) is 30.3 Å². The lowest BCUT2D eigenvalue weighted by Crippen LogP contribution is -2.07. The van der Waals surface area contributed by atoms with Crippen LogP contribution in [0.15, 0.2) is 59.5 Å². The minimum absolute atomic E-state index is 0.0735. The number of hydrogen-bond donors (Lipinski definition) is 0. The summed E-state index contributed by atoms with van der Waals surface area (Å²) in [5.74, 6) is 0. The van der Waals surface area contributed by atoms with Gasteiger partial charge in [0, 0.05) is 11.8 Å². The highest BCUT2D eigenvalue weighted by Gasteiger charge is 2.35.